The molecule has 0 saturated heterocycles. The second-order valence-electron chi connectivity index (χ2n) is 10.3. The highest BCUT2D eigenvalue weighted by molar-refractivity contribution is 5.10. The maximum atomic E-state index is 9.53. The Balaban J connectivity index is 1.76. The quantitative estimate of drug-likeness (QED) is 0.751. The van der Waals surface area contributed by atoms with Crippen LogP contribution in [0.25, 0.3) is 0 Å². The zero-order valence-electron chi connectivity index (χ0n) is 16.8. The first-order valence-corrected chi connectivity index (χ1v) is 10.7. The van der Waals surface area contributed by atoms with Crippen LogP contribution in [0.5, 0.6) is 0 Å². The Bertz CT molecular complexity index is 449. The van der Waals surface area contributed by atoms with E-state index in [1.165, 1.54) is 44.9 Å². The number of fused-ring (bicyclic) bond motifs is 1. The van der Waals surface area contributed by atoms with E-state index >= 15 is 0 Å². The third-order valence-corrected chi connectivity index (χ3v) is 8.48. The maximum Gasteiger partial charge on any atom is 0.100 e. The van der Waals surface area contributed by atoms with Gasteiger partial charge >= 0.3 is 0 Å². The standard InChI is InChI=1S/C22H40O3/c1-15-5-6-17-7-10-22(11-17)20(15)19(8-9-21(22,3)4)16(2)13-25-14-18(24)12-23/h15-20,23-24H,5-14H2,1-4H3. The van der Waals surface area contributed by atoms with Gasteiger partial charge in [0.15, 0.2) is 0 Å². The normalized spacial score (nSPS) is 42.5. The minimum Gasteiger partial charge on any atom is -0.394 e. The Kier molecular flexibility index (Phi) is 5.88. The summed E-state index contributed by atoms with van der Waals surface area (Å²) in [7, 11) is 0. The van der Waals surface area contributed by atoms with Crippen molar-refractivity contribution in [3.8, 4) is 0 Å². The third kappa shape index (κ3) is 3.53. The van der Waals surface area contributed by atoms with Crippen molar-refractivity contribution >= 4 is 0 Å². The molecule has 3 rings (SSSR count). The van der Waals surface area contributed by atoms with E-state index in [4.69, 9.17) is 9.84 Å². The van der Waals surface area contributed by atoms with Crippen LogP contribution in [0.15, 0.2) is 0 Å². The van der Waals surface area contributed by atoms with Gasteiger partial charge in [-0.3, -0.25) is 0 Å². The molecular weight excluding hydrogens is 312 g/mol. The zero-order valence-corrected chi connectivity index (χ0v) is 16.8. The van der Waals surface area contributed by atoms with Crippen molar-refractivity contribution in [1.82, 2.24) is 0 Å². The highest BCUT2D eigenvalue weighted by atomic mass is 16.5. The topological polar surface area (TPSA) is 49.7 Å². The monoisotopic (exact) mass is 352 g/mol. The Hall–Kier alpha value is -0.120. The minimum absolute atomic E-state index is 0.212. The molecule has 0 aromatic carbocycles. The molecule has 0 heterocycles. The van der Waals surface area contributed by atoms with Gasteiger partial charge in [-0.1, -0.05) is 40.5 Å². The fourth-order valence-electron chi connectivity index (χ4n) is 7.01. The molecule has 0 radical (unpaired) electrons. The minimum atomic E-state index is -0.740. The van der Waals surface area contributed by atoms with Crippen molar-refractivity contribution in [3.05, 3.63) is 0 Å². The van der Waals surface area contributed by atoms with Crippen molar-refractivity contribution in [2.24, 2.45) is 40.4 Å². The van der Waals surface area contributed by atoms with Crippen LogP contribution in [0, 0.1) is 40.4 Å². The molecule has 0 aromatic rings. The van der Waals surface area contributed by atoms with Crippen LogP contribution >= 0.6 is 0 Å². The Morgan fingerprint density at radius 1 is 1.08 bits per heavy atom. The van der Waals surface area contributed by atoms with Crippen molar-refractivity contribution < 1.29 is 14.9 Å². The average Bonchev–Trinajstić information content (AvgIpc) is 2.93. The first kappa shape index (κ1) is 19.6. The fraction of sp³-hybridized carbons (Fsp3) is 1.00. The smallest absolute Gasteiger partial charge is 0.100 e. The van der Waals surface area contributed by atoms with E-state index < -0.39 is 6.10 Å². The molecule has 3 saturated carbocycles. The Labute approximate surface area is 154 Å². The van der Waals surface area contributed by atoms with Crippen LogP contribution in [0.2, 0.25) is 0 Å². The van der Waals surface area contributed by atoms with Gasteiger partial charge in [-0.05, 0) is 72.5 Å². The molecule has 3 aliphatic rings. The van der Waals surface area contributed by atoms with E-state index in [0.29, 0.717) is 23.4 Å². The van der Waals surface area contributed by atoms with Crippen molar-refractivity contribution in [3.63, 3.8) is 0 Å². The molecule has 3 aliphatic carbocycles. The summed E-state index contributed by atoms with van der Waals surface area (Å²) in [5.74, 6) is 3.89. The number of rotatable bonds is 6. The Morgan fingerprint density at radius 3 is 2.56 bits per heavy atom. The summed E-state index contributed by atoms with van der Waals surface area (Å²) in [6.45, 7) is 10.7. The lowest BCUT2D eigenvalue weighted by Gasteiger charge is -2.59. The molecule has 3 heteroatoms. The van der Waals surface area contributed by atoms with E-state index in [1.54, 1.807) is 0 Å². The van der Waals surface area contributed by atoms with Crippen LogP contribution in [-0.4, -0.2) is 36.1 Å². The Morgan fingerprint density at radius 2 is 1.84 bits per heavy atom. The number of hydrogen-bond acceptors (Lipinski definition) is 3. The van der Waals surface area contributed by atoms with E-state index in [2.05, 4.69) is 27.7 Å². The molecule has 7 atom stereocenters. The summed E-state index contributed by atoms with van der Waals surface area (Å²) in [4.78, 5) is 0. The SMILES string of the molecule is CC(COCC(O)CO)C1CCC(C)(C)C23CCC(CCC(C)C12)C3. The molecule has 0 amide bonds. The average molecular weight is 353 g/mol. The maximum absolute atomic E-state index is 9.53. The highest BCUT2D eigenvalue weighted by Gasteiger charge is 2.60. The van der Waals surface area contributed by atoms with Gasteiger partial charge in [0.05, 0.1) is 13.2 Å². The molecule has 2 N–H and O–H groups in total. The molecule has 0 aromatic heterocycles. The predicted octanol–water partition coefficient (Wildman–Crippen LogP) is 4.26. The predicted molar refractivity (Wildman–Crippen MR) is 101 cm³/mol. The van der Waals surface area contributed by atoms with Crippen molar-refractivity contribution in [1.29, 1.82) is 0 Å². The van der Waals surface area contributed by atoms with E-state index in [9.17, 15) is 5.11 Å². The lowest BCUT2D eigenvalue weighted by molar-refractivity contribution is -0.114. The molecule has 25 heavy (non-hydrogen) atoms. The van der Waals surface area contributed by atoms with Gasteiger partial charge in [0.2, 0.25) is 0 Å². The second kappa shape index (κ2) is 7.48. The fourth-order valence-corrected chi connectivity index (χ4v) is 7.01. The largest absolute Gasteiger partial charge is 0.394 e. The molecule has 2 bridgehead atoms. The summed E-state index contributed by atoms with van der Waals surface area (Å²) >= 11 is 0. The number of ether oxygens (including phenoxy) is 1. The van der Waals surface area contributed by atoms with Crippen molar-refractivity contribution in [2.45, 2.75) is 78.7 Å². The number of aliphatic hydroxyl groups is 2. The zero-order chi connectivity index (χ0) is 18.2. The van der Waals surface area contributed by atoms with Gasteiger partial charge in [-0.25, -0.2) is 0 Å². The van der Waals surface area contributed by atoms with E-state index in [1.807, 2.05) is 0 Å². The van der Waals surface area contributed by atoms with Crippen LogP contribution in [-0.2, 0) is 4.74 Å². The summed E-state index contributed by atoms with van der Waals surface area (Å²) in [5, 5.41) is 18.5. The van der Waals surface area contributed by atoms with Gasteiger partial charge in [-0.15, -0.1) is 0 Å². The lowest BCUT2D eigenvalue weighted by atomic mass is 9.46. The molecule has 3 nitrogen and oxygen atoms in total. The molecule has 7 unspecified atom stereocenters. The van der Waals surface area contributed by atoms with Gasteiger partial charge in [0.1, 0.15) is 6.10 Å². The van der Waals surface area contributed by atoms with Crippen LogP contribution in [0.4, 0.5) is 0 Å². The van der Waals surface area contributed by atoms with E-state index in [-0.39, 0.29) is 13.2 Å². The van der Waals surface area contributed by atoms with Crippen LogP contribution in [0.1, 0.15) is 72.6 Å². The lowest BCUT2D eigenvalue weighted by Crippen LogP contribution is -2.52. The van der Waals surface area contributed by atoms with Crippen molar-refractivity contribution in [2.75, 3.05) is 19.8 Å². The third-order valence-electron chi connectivity index (χ3n) is 8.48. The summed E-state index contributed by atoms with van der Waals surface area (Å²) < 4.78 is 5.77. The second-order valence-corrected chi connectivity index (χ2v) is 10.3. The van der Waals surface area contributed by atoms with Crippen LogP contribution in [0.3, 0.4) is 0 Å². The van der Waals surface area contributed by atoms with Crippen LogP contribution < -0.4 is 0 Å². The first-order chi connectivity index (χ1) is 11.8. The molecule has 3 fully saturated rings. The highest BCUT2D eigenvalue weighted by Crippen LogP contribution is 2.69. The molecular formula is C22H40O3. The molecule has 1 spiro atoms. The summed E-state index contributed by atoms with van der Waals surface area (Å²) in [5.41, 5.74) is 1.00. The van der Waals surface area contributed by atoms with Gasteiger partial charge < -0.3 is 14.9 Å². The van der Waals surface area contributed by atoms with Gasteiger partial charge in [0, 0.05) is 6.61 Å². The summed E-state index contributed by atoms with van der Waals surface area (Å²) in [6.07, 6.45) is 9.12. The molecule has 146 valence electrons. The van der Waals surface area contributed by atoms with Gasteiger partial charge in [-0.2, -0.15) is 0 Å². The van der Waals surface area contributed by atoms with E-state index in [0.717, 1.165) is 23.7 Å². The number of aliphatic hydroxyl groups excluding tert-OH is 2. The number of hydrogen-bond donors (Lipinski definition) is 2. The van der Waals surface area contributed by atoms with Gasteiger partial charge in [0.25, 0.3) is 0 Å². The molecule has 0 aliphatic heterocycles. The first-order valence-electron chi connectivity index (χ1n) is 10.7. The summed E-state index contributed by atoms with van der Waals surface area (Å²) in [6, 6.07) is 0.